The van der Waals surface area contributed by atoms with Crippen LogP contribution in [0.5, 0.6) is 0 Å². The highest BCUT2D eigenvalue weighted by Crippen LogP contribution is 2.22. The molecule has 2 heterocycles. The Morgan fingerprint density at radius 2 is 1.88 bits per heavy atom. The molecule has 32 heavy (non-hydrogen) atoms. The van der Waals surface area contributed by atoms with E-state index in [2.05, 4.69) is 15.4 Å². The fourth-order valence-corrected chi connectivity index (χ4v) is 3.20. The monoisotopic (exact) mass is 446 g/mol. The van der Waals surface area contributed by atoms with E-state index in [4.69, 9.17) is 16.3 Å². The van der Waals surface area contributed by atoms with E-state index in [1.54, 1.807) is 43.3 Å². The van der Waals surface area contributed by atoms with Gasteiger partial charge in [0, 0.05) is 16.5 Å². The number of benzene rings is 2. The van der Waals surface area contributed by atoms with Crippen molar-refractivity contribution in [1.29, 1.82) is 0 Å². The molecule has 0 atom stereocenters. The van der Waals surface area contributed by atoms with Gasteiger partial charge in [0.15, 0.2) is 11.6 Å². The second-order valence-electron chi connectivity index (χ2n) is 6.78. The molecule has 0 fully saturated rings. The Morgan fingerprint density at radius 3 is 2.66 bits per heavy atom. The molecule has 0 bridgehead atoms. The molecule has 2 aromatic carbocycles. The van der Waals surface area contributed by atoms with Crippen molar-refractivity contribution in [3.05, 3.63) is 89.1 Å². The number of anilines is 1. The Hall–Kier alpha value is -3.97. The lowest BCUT2D eigenvalue weighted by Crippen LogP contribution is -2.16. The molecular weight excluding hydrogens is 428 g/mol. The molecule has 0 spiro atoms. The third-order valence-electron chi connectivity index (χ3n) is 4.60. The Kier molecular flexibility index (Phi) is 6.28. The SMILES string of the molecule is CCOC(=O)c1cnn(-c2ccc3ccccc3n2)c1NC(=O)/C=C/c1ccc(Cl)cc1. The molecule has 4 aromatic rings. The first-order valence-electron chi connectivity index (χ1n) is 9.91. The summed E-state index contributed by atoms with van der Waals surface area (Å²) in [5.74, 6) is -0.391. The van der Waals surface area contributed by atoms with Crippen molar-refractivity contribution in [1.82, 2.24) is 14.8 Å². The van der Waals surface area contributed by atoms with Gasteiger partial charge >= 0.3 is 5.97 Å². The summed E-state index contributed by atoms with van der Waals surface area (Å²) in [6.07, 6.45) is 4.36. The summed E-state index contributed by atoms with van der Waals surface area (Å²) >= 11 is 5.89. The van der Waals surface area contributed by atoms with Crippen LogP contribution in [0.25, 0.3) is 22.8 Å². The fourth-order valence-electron chi connectivity index (χ4n) is 3.08. The number of carbonyl (C=O) groups is 2. The lowest BCUT2D eigenvalue weighted by molar-refractivity contribution is -0.111. The second-order valence-corrected chi connectivity index (χ2v) is 7.21. The number of ether oxygens (including phenoxy) is 1. The highest BCUT2D eigenvalue weighted by molar-refractivity contribution is 6.30. The lowest BCUT2D eigenvalue weighted by Gasteiger charge is -2.10. The minimum atomic E-state index is -0.587. The predicted molar refractivity (Wildman–Crippen MR) is 124 cm³/mol. The van der Waals surface area contributed by atoms with Crippen molar-refractivity contribution in [3.8, 4) is 5.82 Å². The first-order chi connectivity index (χ1) is 15.5. The average molecular weight is 447 g/mol. The van der Waals surface area contributed by atoms with E-state index < -0.39 is 11.9 Å². The van der Waals surface area contributed by atoms with Crippen molar-refractivity contribution < 1.29 is 14.3 Å². The first-order valence-corrected chi connectivity index (χ1v) is 10.3. The van der Waals surface area contributed by atoms with E-state index >= 15 is 0 Å². The van der Waals surface area contributed by atoms with Gasteiger partial charge in [0.1, 0.15) is 5.56 Å². The topological polar surface area (TPSA) is 86.1 Å². The van der Waals surface area contributed by atoms with Crippen molar-refractivity contribution in [2.75, 3.05) is 11.9 Å². The Balaban J connectivity index is 1.67. The molecule has 0 saturated heterocycles. The van der Waals surface area contributed by atoms with Crippen LogP contribution in [0.15, 0.2) is 72.9 Å². The maximum absolute atomic E-state index is 12.6. The number of nitrogens with zero attached hydrogens (tertiary/aromatic N) is 3. The van der Waals surface area contributed by atoms with E-state index in [0.29, 0.717) is 10.8 Å². The number of para-hydroxylation sites is 1. The number of rotatable bonds is 6. The van der Waals surface area contributed by atoms with Gasteiger partial charge in [-0.2, -0.15) is 9.78 Å². The predicted octanol–water partition coefficient (Wildman–Crippen LogP) is 4.90. The molecule has 0 aliphatic carbocycles. The van der Waals surface area contributed by atoms with Gasteiger partial charge in [0.05, 0.1) is 18.3 Å². The molecule has 7 nitrogen and oxygen atoms in total. The van der Waals surface area contributed by atoms with Gasteiger partial charge in [-0.15, -0.1) is 0 Å². The third kappa shape index (κ3) is 4.68. The van der Waals surface area contributed by atoms with Gasteiger partial charge in [-0.1, -0.05) is 41.9 Å². The number of esters is 1. The van der Waals surface area contributed by atoms with Gasteiger partial charge in [-0.25, -0.2) is 9.78 Å². The summed E-state index contributed by atoms with van der Waals surface area (Å²) in [6, 6.07) is 18.4. The standard InChI is InChI=1S/C24H19ClN4O3/c1-2-32-24(31)19-15-26-29(21-13-10-17-5-3-4-6-20(17)27-21)23(19)28-22(30)14-9-16-7-11-18(25)12-8-16/h3-15H,2H2,1H3,(H,28,30)/b14-9+. The largest absolute Gasteiger partial charge is 0.462 e. The zero-order valence-corrected chi connectivity index (χ0v) is 17.9. The van der Waals surface area contributed by atoms with Crippen molar-refractivity contribution in [3.63, 3.8) is 0 Å². The minimum Gasteiger partial charge on any atom is -0.462 e. The van der Waals surface area contributed by atoms with E-state index in [9.17, 15) is 9.59 Å². The van der Waals surface area contributed by atoms with Crippen LogP contribution in [0.1, 0.15) is 22.8 Å². The second kappa shape index (κ2) is 9.45. The number of nitrogens with one attached hydrogen (secondary N) is 1. The molecule has 8 heteroatoms. The zero-order chi connectivity index (χ0) is 22.5. The zero-order valence-electron chi connectivity index (χ0n) is 17.2. The Labute approximate surface area is 189 Å². The molecule has 2 aromatic heterocycles. The van der Waals surface area contributed by atoms with Crippen LogP contribution in [-0.4, -0.2) is 33.2 Å². The van der Waals surface area contributed by atoms with Gasteiger partial charge < -0.3 is 10.1 Å². The van der Waals surface area contributed by atoms with E-state index in [1.807, 2.05) is 30.3 Å². The van der Waals surface area contributed by atoms with Crippen LogP contribution in [0, 0.1) is 0 Å². The average Bonchev–Trinajstić information content (AvgIpc) is 3.22. The van der Waals surface area contributed by atoms with E-state index in [0.717, 1.165) is 16.5 Å². The van der Waals surface area contributed by atoms with E-state index in [1.165, 1.54) is 17.0 Å². The molecule has 0 saturated carbocycles. The van der Waals surface area contributed by atoms with Crippen molar-refractivity contribution in [2.24, 2.45) is 0 Å². The summed E-state index contributed by atoms with van der Waals surface area (Å²) in [4.78, 5) is 29.7. The fraction of sp³-hybridized carbons (Fsp3) is 0.0833. The smallest absolute Gasteiger partial charge is 0.343 e. The highest BCUT2D eigenvalue weighted by Gasteiger charge is 2.21. The summed E-state index contributed by atoms with van der Waals surface area (Å²) in [6.45, 7) is 1.91. The molecule has 0 radical (unpaired) electrons. The Morgan fingerprint density at radius 1 is 1.09 bits per heavy atom. The molecular formula is C24H19ClN4O3. The number of pyridine rings is 1. The molecule has 0 aliphatic rings. The Bertz CT molecular complexity index is 1310. The van der Waals surface area contributed by atoms with Crippen LogP contribution in [-0.2, 0) is 9.53 Å². The van der Waals surface area contributed by atoms with Crippen molar-refractivity contribution >= 4 is 46.3 Å². The van der Waals surface area contributed by atoms with E-state index in [-0.39, 0.29) is 18.0 Å². The molecule has 1 amide bonds. The number of hydrogen-bond acceptors (Lipinski definition) is 5. The van der Waals surface area contributed by atoms with Crippen LogP contribution in [0.3, 0.4) is 0 Å². The number of fused-ring (bicyclic) bond motifs is 1. The van der Waals surface area contributed by atoms with Gasteiger partial charge in [-0.05, 0) is 48.9 Å². The number of hydrogen-bond donors (Lipinski definition) is 1. The maximum Gasteiger partial charge on any atom is 0.343 e. The van der Waals surface area contributed by atoms with Crippen molar-refractivity contribution in [2.45, 2.75) is 6.92 Å². The number of amides is 1. The van der Waals surface area contributed by atoms with Crippen LogP contribution in [0.2, 0.25) is 5.02 Å². The first kappa shape index (κ1) is 21.3. The summed E-state index contributed by atoms with van der Waals surface area (Å²) in [5.41, 5.74) is 1.70. The number of carbonyl (C=O) groups excluding carboxylic acids is 2. The third-order valence-corrected chi connectivity index (χ3v) is 4.86. The normalized spacial score (nSPS) is 11.1. The van der Waals surface area contributed by atoms with Gasteiger partial charge in [0.2, 0.25) is 5.91 Å². The molecule has 0 unspecified atom stereocenters. The maximum atomic E-state index is 12.6. The molecule has 160 valence electrons. The summed E-state index contributed by atoms with van der Waals surface area (Å²) < 4.78 is 6.53. The van der Waals surface area contributed by atoms with Gasteiger partial charge in [-0.3, -0.25) is 4.79 Å². The quantitative estimate of drug-likeness (QED) is 0.336. The summed E-state index contributed by atoms with van der Waals surface area (Å²) in [7, 11) is 0. The number of aromatic nitrogens is 3. The summed E-state index contributed by atoms with van der Waals surface area (Å²) in [5, 5.41) is 8.58. The molecule has 4 rings (SSSR count). The highest BCUT2D eigenvalue weighted by atomic mass is 35.5. The molecule has 1 N–H and O–H groups in total. The van der Waals surface area contributed by atoms with Gasteiger partial charge in [0.25, 0.3) is 0 Å². The lowest BCUT2D eigenvalue weighted by atomic mass is 10.2. The van der Waals surface area contributed by atoms with Crippen LogP contribution in [0.4, 0.5) is 5.82 Å². The molecule has 0 aliphatic heterocycles. The minimum absolute atomic E-state index is 0.134. The number of halogens is 1. The van der Waals surface area contributed by atoms with Crippen LogP contribution < -0.4 is 5.32 Å². The van der Waals surface area contributed by atoms with Crippen LogP contribution >= 0.6 is 11.6 Å².